The number of nitrogens with zero attached hydrogens (tertiary/aromatic N) is 2. The third kappa shape index (κ3) is 3.77. The standard InChI is InChI=1S/C15H27N3S/c1-5-15(4)10-18(14(8-17-15)12(2)3)7-6-13-9-19-11-16-13/h9,11-12,14,17H,5-8,10H2,1-4H3. The summed E-state index contributed by atoms with van der Waals surface area (Å²) in [4.78, 5) is 7.07. The first-order valence-electron chi connectivity index (χ1n) is 7.40. The Kier molecular flexibility index (Phi) is 4.98. The fraction of sp³-hybridized carbons (Fsp3) is 0.800. The molecule has 1 aliphatic rings. The lowest BCUT2D eigenvalue weighted by Gasteiger charge is -2.47. The fourth-order valence-corrected chi connectivity index (χ4v) is 3.45. The number of piperazine rings is 1. The van der Waals surface area contributed by atoms with Crippen molar-refractivity contribution < 1.29 is 0 Å². The Labute approximate surface area is 121 Å². The van der Waals surface area contributed by atoms with Crippen molar-refractivity contribution in [2.75, 3.05) is 19.6 Å². The first-order valence-corrected chi connectivity index (χ1v) is 8.34. The maximum Gasteiger partial charge on any atom is 0.0794 e. The molecule has 0 amide bonds. The lowest BCUT2D eigenvalue weighted by Crippen LogP contribution is -2.64. The van der Waals surface area contributed by atoms with E-state index in [0.29, 0.717) is 12.0 Å². The van der Waals surface area contributed by atoms with Crippen LogP contribution in [0.1, 0.15) is 39.8 Å². The molecule has 0 radical (unpaired) electrons. The Morgan fingerprint density at radius 3 is 2.95 bits per heavy atom. The average molecular weight is 281 g/mol. The Hall–Kier alpha value is -0.450. The summed E-state index contributed by atoms with van der Waals surface area (Å²) in [6.07, 6.45) is 2.26. The molecule has 19 heavy (non-hydrogen) atoms. The van der Waals surface area contributed by atoms with Gasteiger partial charge in [0.05, 0.1) is 11.2 Å². The third-order valence-corrected chi connectivity index (χ3v) is 5.08. The fourth-order valence-electron chi connectivity index (χ4n) is 2.86. The lowest BCUT2D eigenvalue weighted by molar-refractivity contribution is 0.0612. The zero-order valence-corrected chi connectivity index (χ0v) is 13.5. The van der Waals surface area contributed by atoms with E-state index in [2.05, 4.69) is 48.3 Å². The summed E-state index contributed by atoms with van der Waals surface area (Å²) in [6, 6.07) is 0.651. The Balaban J connectivity index is 1.99. The highest BCUT2D eigenvalue weighted by atomic mass is 32.1. The van der Waals surface area contributed by atoms with Crippen LogP contribution in [0.2, 0.25) is 0 Å². The molecule has 1 aromatic rings. The van der Waals surface area contributed by atoms with Gasteiger partial charge in [-0.1, -0.05) is 20.8 Å². The molecule has 0 bridgehead atoms. The predicted octanol–water partition coefficient (Wildman–Crippen LogP) is 2.78. The molecule has 0 spiro atoms. The molecular weight excluding hydrogens is 254 g/mol. The SMILES string of the molecule is CCC1(C)CN(CCc2cscn2)C(C(C)C)CN1. The van der Waals surface area contributed by atoms with Gasteiger partial charge in [-0.3, -0.25) is 4.90 Å². The molecule has 4 heteroatoms. The molecule has 2 atom stereocenters. The minimum absolute atomic E-state index is 0.271. The summed E-state index contributed by atoms with van der Waals surface area (Å²) in [5.41, 5.74) is 3.45. The molecule has 2 unspecified atom stereocenters. The molecule has 1 saturated heterocycles. The highest BCUT2D eigenvalue weighted by molar-refractivity contribution is 7.07. The lowest BCUT2D eigenvalue weighted by atomic mass is 9.90. The Morgan fingerprint density at radius 2 is 2.37 bits per heavy atom. The van der Waals surface area contributed by atoms with Crippen LogP contribution in [0.5, 0.6) is 0 Å². The van der Waals surface area contributed by atoms with Crippen LogP contribution in [-0.4, -0.2) is 41.1 Å². The van der Waals surface area contributed by atoms with Gasteiger partial charge in [-0.05, 0) is 19.3 Å². The van der Waals surface area contributed by atoms with Gasteiger partial charge >= 0.3 is 0 Å². The summed E-state index contributed by atoms with van der Waals surface area (Å²) in [6.45, 7) is 12.7. The quantitative estimate of drug-likeness (QED) is 0.899. The zero-order chi connectivity index (χ0) is 13.9. The van der Waals surface area contributed by atoms with E-state index in [9.17, 15) is 0 Å². The second kappa shape index (κ2) is 6.33. The molecule has 1 aliphatic heterocycles. The number of aromatic nitrogens is 1. The van der Waals surface area contributed by atoms with E-state index in [0.717, 1.165) is 26.1 Å². The van der Waals surface area contributed by atoms with E-state index < -0.39 is 0 Å². The van der Waals surface area contributed by atoms with Gasteiger partial charge in [-0.15, -0.1) is 11.3 Å². The average Bonchev–Trinajstić information content (AvgIpc) is 2.89. The highest BCUT2D eigenvalue weighted by Gasteiger charge is 2.35. The first kappa shape index (κ1) is 14.9. The summed E-state index contributed by atoms with van der Waals surface area (Å²) < 4.78 is 0. The highest BCUT2D eigenvalue weighted by Crippen LogP contribution is 2.23. The number of nitrogens with one attached hydrogen (secondary N) is 1. The molecule has 1 fully saturated rings. The van der Waals surface area contributed by atoms with Crippen molar-refractivity contribution in [1.82, 2.24) is 15.2 Å². The molecule has 3 nitrogen and oxygen atoms in total. The van der Waals surface area contributed by atoms with Crippen molar-refractivity contribution in [2.24, 2.45) is 5.92 Å². The smallest absolute Gasteiger partial charge is 0.0794 e. The van der Waals surface area contributed by atoms with Crippen molar-refractivity contribution in [3.63, 3.8) is 0 Å². The topological polar surface area (TPSA) is 28.2 Å². The van der Waals surface area contributed by atoms with Crippen LogP contribution in [0.4, 0.5) is 0 Å². The minimum Gasteiger partial charge on any atom is -0.309 e. The molecule has 1 N–H and O–H groups in total. The van der Waals surface area contributed by atoms with Gasteiger partial charge in [-0.2, -0.15) is 0 Å². The van der Waals surface area contributed by atoms with Gasteiger partial charge in [-0.25, -0.2) is 4.98 Å². The maximum absolute atomic E-state index is 4.40. The molecule has 0 aromatic carbocycles. The number of hydrogen-bond donors (Lipinski definition) is 1. The Morgan fingerprint density at radius 1 is 1.58 bits per heavy atom. The number of thiazole rings is 1. The van der Waals surface area contributed by atoms with E-state index >= 15 is 0 Å². The summed E-state index contributed by atoms with van der Waals surface area (Å²) in [5.74, 6) is 0.698. The van der Waals surface area contributed by atoms with Crippen molar-refractivity contribution in [3.05, 3.63) is 16.6 Å². The van der Waals surface area contributed by atoms with E-state index in [-0.39, 0.29) is 5.54 Å². The summed E-state index contributed by atoms with van der Waals surface area (Å²) in [7, 11) is 0. The van der Waals surface area contributed by atoms with Gasteiger partial charge in [0.15, 0.2) is 0 Å². The van der Waals surface area contributed by atoms with Crippen molar-refractivity contribution in [1.29, 1.82) is 0 Å². The van der Waals surface area contributed by atoms with Crippen molar-refractivity contribution in [3.8, 4) is 0 Å². The van der Waals surface area contributed by atoms with Crippen LogP contribution in [-0.2, 0) is 6.42 Å². The normalized spacial score (nSPS) is 29.0. The van der Waals surface area contributed by atoms with Gasteiger partial charge in [0.2, 0.25) is 0 Å². The largest absolute Gasteiger partial charge is 0.309 e. The van der Waals surface area contributed by atoms with Gasteiger partial charge in [0, 0.05) is 43.0 Å². The third-order valence-electron chi connectivity index (χ3n) is 4.45. The van der Waals surface area contributed by atoms with Gasteiger partial charge in [0.25, 0.3) is 0 Å². The van der Waals surface area contributed by atoms with Crippen LogP contribution in [0.15, 0.2) is 10.9 Å². The second-order valence-electron chi connectivity index (χ2n) is 6.31. The van der Waals surface area contributed by atoms with Crippen LogP contribution in [0.25, 0.3) is 0 Å². The van der Waals surface area contributed by atoms with Crippen molar-refractivity contribution in [2.45, 2.75) is 52.1 Å². The molecule has 2 rings (SSSR count). The summed E-state index contributed by atoms with van der Waals surface area (Å²) >= 11 is 1.70. The second-order valence-corrected chi connectivity index (χ2v) is 7.03. The van der Waals surface area contributed by atoms with E-state index in [4.69, 9.17) is 0 Å². The maximum atomic E-state index is 4.40. The van der Waals surface area contributed by atoms with Crippen LogP contribution >= 0.6 is 11.3 Å². The van der Waals surface area contributed by atoms with E-state index in [1.807, 2.05) is 5.51 Å². The molecule has 0 aliphatic carbocycles. The predicted molar refractivity (Wildman–Crippen MR) is 82.7 cm³/mol. The van der Waals surface area contributed by atoms with Crippen molar-refractivity contribution >= 4 is 11.3 Å². The zero-order valence-electron chi connectivity index (χ0n) is 12.6. The molecular formula is C15H27N3S. The van der Waals surface area contributed by atoms with Gasteiger partial charge in [0.1, 0.15) is 0 Å². The Bertz CT molecular complexity index is 377. The van der Waals surface area contributed by atoms with Crippen LogP contribution in [0, 0.1) is 5.92 Å². The molecule has 1 aromatic heterocycles. The molecule has 2 heterocycles. The van der Waals surface area contributed by atoms with Gasteiger partial charge < -0.3 is 5.32 Å². The molecule has 0 saturated carbocycles. The minimum atomic E-state index is 0.271. The molecule has 108 valence electrons. The number of hydrogen-bond acceptors (Lipinski definition) is 4. The summed E-state index contributed by atoms with van der Waals surface area (Å²) in [5, 5.41) is 5.92. The van der Waals surface area contributed by atoms with E-state index in [1.165, 1.54) is 12.1 Å². The monoisotopic (exact) mass is 281 g/mol. The van der Waals surface area contributed by atoms with E-state index in [1.54, 1.807) is 11.3 Å². The number of rotatable bonds is 5. The van der Waals surface area contributed by atoms with Crippen LogP contribution < -0.4 is 5.32 Å². The first-order chi connectivity index (χ1) is 9.04. The van der Waals surface area contributed by atoms with Crippen LogP contribution in [0.3, 0.4) is 0 Å².